The van der Waals surface area contributed by atoms with E-state index in [-0.39, 0.29) is 11.6 Å². The van der Waals surface area contributed by atoms with Crippen LogP contribution in [0.25, 0.3) is 0 Å². The molecule has 4 unspecified atom stereocenters. The summed E-state index contributed by atoms with van der Waals surface area (Å²) in [5.74, 6) is -0.660. The number of carboxylic acid groups (broad SMARTS) is 1. The van der Waals surface area contributed by atoms with Crippen molar-refractivity contribution in [3.63, 3.8) is 0 Å². The Labute approximate surface area is 314 Å². The van der Waals surface area contributed by atoms with Gasteiger partial charge in [0.1, 0.15) is 29.3 Å². The minimum Gasteiger partial charge on any atom is -0.497 e. The first-order valence-corrected chi connectivity index (χ1v) is 20.5. The maximum Gasteiger partial charge on any atom is 0.330 e. The van der Waals surface area contributed by atoms with Crippen LogP contribution in [0.15, 0.2) is 101 Å². The number of carboxylic acids is 1. The summed E-state index contributed by atoms with van der Waals surface area (Å²) >= 11 is 0. The van der Waals surface area contributed by atoms with E-state index in [0.29, 0.717) is 11.5 Å². The van der Waals surface area contributed by atoms with Crippen LogP contribution in [0.5, 0.6) is 11.5 Å². The van der Waals surface area contributed by atoms with Crippen LogP contribution >= 0.6 is 0 Å². The van der Waals surface area contributed by atoms with Gasteiger partial charge in [0, 0.05) is 12.3 Å². The Morgan fingerprint density at radius 3 is 1.87 bits per heavy atom. The molecule has 13 nitrogen and oxygen atoms in total. The Morgan fingerprint density at radius 1 is 0.815 bits per heavy atom. The molecule has 1 aromatic heterocycles. The predicted molar refractivity (Wildman–Crippen MR) is 202 cm³/mol. The third-order valence-electron chi connectivity index (χ3n) is 10.1. The zero-order valence-corrected chi connectivity index (χ0v) is 32.6. The summed E-state index contributed by atoms with van der Waals surface area (Å²) in [7, 11) is 0.484. The average Bonchev–Trinajstić information content (AvgIpc) is 3.46. The highest BCUT2D eigenvalue weighted by Crippen LogP contribution is 2.45. The molecule has 0 aliphatic carbocycles. The SMILES string of the molecule is COc1ccc(C(OCC2OC(n3ccc(=O)[nH]c3=O)C(O[Si](C)(C)C(C)(C)C)C2OC(=O)CCC(=O)O)(c2ccccc2)c2ccc(OC)cc2)cc1. The van der Waals surface area contributed by atoms with E-state index in [1.165, 1.54) is 16.8 Å². The third-order valence-corrected chi connectivity index (χ3v) is 14.6. The highest BCUT2D eigenvalue weighted by Gasteiger charge is 2.54. The average molecular weight is 761 g/mol. The Kier molecular flexibility index (Phi) is 12.3. The molecule has 2 N–H and O–H groups in total. The minimum absolute atomic E-state index is 0.199. The smallest absolute Gasteiger partial charge is 0.330 e. The minimum atomic E-state index is -2.68. The van der Waals surface area contributed by atoms with E-state index in [9.17, 15) is 24.3 Å². The number of benzene rings is 3. The molecule has 14 heteroatoms. The lowest BCUT2D eigenvalue weighted by molar-refractivity contribution is -0.160. The van der Waals surface area contributed by atoms with Crippen LogP contribution in [0.2, 0.25) is 18.1 Å². The van der Waals surface area contributed by atoms with Crippen molar-refractivity contribution in [1.29, 1.82) is 0 Å². The van der Waals surface area contributed by atoms with Gasteiger partial charge in [0.15, 0.2) is 20.6 Å². The Hall–Kier alpha value is -5.02. The van der Waals surface area contributed by atoms with E-state index in [0.717, 1.165) is 16.7 Å². The van der Waals surface area contributed by atoms with Gasteiger partial charge in [-0.15, -0.1) is 0 Å². The zero-order valence-electron chi connectivity index (χ0n) is 31.6. The van der Waals surface area contributed by atoms with Crippen LogP contribution in [-0.4, -0.2) is 74.1 Å². The van der Waals surface area contributed by atoms with E-state index < -0.39 is 74.5 Å². The third kappa shape index (κ3) is 8.68. The lowest BCUT2D eigenvalue weighted by atomic mass is 9.80. The van der Waals surface area contributed by atoms with E-state index in [2.05, 4.69) is 4.98 Å². The number of aromatic nitrogens is 2. The number of nitrogens with one attached hydrogen (secondary N) is 1. The number of nitrogens with zero attached hydrogens (tertiary/aromatic N) is 1. The second-order valence-corrected chi connectivity index (χ2v) is 19.3. The molecule has 4 atom stereocenters. The predicted octanol–water partition coefficient (Wildman–Crippen LogP) is 5.63. The lowest BCUT2D eigenvalue weighted by Crippen LogP contribution is -2.51. The fourth-order valence-corrected chi connectivity index (χ4v) is 7.46. The first-order valence-electron chi connectivity index (χ1n) is 17.6. The maximum absolute atomic E-state index is 13.3. The van der Waals surface area contributed by atoms with Gasteiger partial charge in [-0.3, -0.25) is 23.9 Å². The fourth-order valence-electron chi connectivity index (χ4n) is 6.18. The summed E-state index contributed by atoms with van der Waals surface area (Å²) in [6.07, 6.45) is -3.96. The van der Waals surface area contributed by atoms with Gasteiger partial charge in [-0.25, -0.2) is 4.79 Å². The monoisotopic (exact) mass is 760 g/mol. The van der Waals surface area contributed by atoms with Gasteiger partial charge < -0.3 is 33.2 Å². The van der Waals surface area contributed by atoms with E-state index >= 15 is 0 Å². The summed E-state index contributed by atoms with van der Waals surface area (Å²) in [6, 6.07) is 25.7. The quantitative estimate of drug-likeness (QED) is 0.0877. The molecule has 3 aromatic carbocycles. The molecular formula is C40H48N2O11Si. The summed E-state index contributed by atoms with van der Waals surface area (Å²) in [4.78, 5) is 52.4. The van der Waals surface area contributed by atoms with E-state index in [4.69, 9.17) is 28.1 Å². The van der Waals surface area contributed by atoms with Gasteiger partial charge in [-0.1, -0.05) is 75.4 Å². The number of aromatic amines is 1. The number of esters is 1. The molecule has 5 rings (SSSR count). The molecule has 1 aliphatic heterocycles. The van der Waals surface area contributed by atoms with Crippen LogP contribution < -0.4 is 20.7 Å². The molecular weight excluding hydrogens is 713 g/mol. The number of carbonyl (C=O) groups excluding carboxylic acids is 1. The summed E-state index contributed by atoms with van der Waals surface area (Å²) < 4.78 is 38.9. The Balaban J connectivity index is 1.67. The number of hydrogen-bond donors (Lipinski definition) is 2. The molecule has 0 radical (unpaired) electrons. The highest BCUT2D eigenvalue weighted by atomic mass is 28.4. The van der Waals surface area contributed by atoms with Crippen molar-refractivity contribution in [2.45, 2.75) is 81.9 Å². The van der Waals surface area contributed by atoms with Gasteiger partial charge in [0.05, 0.1) is 33.7 Å². The largest absolute Gasteiger partial charge is 0.497 e. The molecule has 0 amide bonds. The second kappa shape index (κ2) is 16.6. The van der Waals surface area contributed by atoms with Crippen LogP contribution in [0.3, 0.4) is 0 Å². The Morgan fingerprint density at radius 2 is 1.37 bits per heavy atom. The summed E-state index contributed by atoms with van der Waals surface area (Å²) in [5.41, 5.74) is -0.353. The maximum atomic E-state index is 13.3. The second-order valence-electron chi connectivity index (χ2n) is 14.6. The van der Waals surface area contributed by atoms with Crippen LogP contribution in [0.4, 0.5) is 0 Å². The molecule has 54 heavy (non-hydrogen) atoms. The molecule has 0 bridgehead atoms. The number of hydrogen-bond acceptors (Lipinski definition) is 10. The topological polar surface area (TPSA) is 165 Å². The molecule has 0 spiro atoms. The number of aliphatic carboxylic acids is 1. The zero-order chi connectivity index (χ0) is 39.3. The van der Waals surface area contributed by atoms with Crippen molar-refractivity contribution in [2.24, 2.45) is 0 Å². The number of rotatable bonds is 15. The van der Waals surface area contributed by atoms with Crippen molar-refractivity contribution in [2.75, 3.05) is 20.8 Å². The van der Waals surface area contributed by atoms with Crippen molar-refractivity contribution >= 4 is 20.3 Å². The van der Waals surface area contributed by atoms with E-state index in [1.54, 1.807) is 14.2 Å². The van der Waals surface area contributed by atoms with Gasteiger partial charge in [-0.2, -0.15) is 0 Å². The molecule has 288 valence electrons. The van der Waals surface area contributed by atoms with Gasteiger partial charge in [0.2, 0.25) is 0 Å². The summed E-state index contributed by atoms with van der Waals surface area (Å²) in [5, 5.41) is 9.01. The highest BCUT2D eigenvalue weighted by molar-refractivity contribution is 6.74. The first-order chi connectivity index (χ1) is 25.6. The van der Waals surface area contributed by atoms with Crippen LogP contribution in [0.1, 0.15) is 56.5 Å². The molecule has 4 aromatic rings. The van der Waals surface area contributed by atoms with E-state index in [1.807, 2.05) is 113 Å². The molecule has 1 fully saturated rings. The lowest BCUT2D eigenvalue weighted by Gasteiger charge is -2.40. The number of ether oxygens (including phenoxy) is 5. The summed E-state index contributed by atoms with van der Waals surface area (Å²) in [6.45, 7) is 9.96. The Bertz CT molecular complexity index is 1960. The van der Waals surface area contributed by atoms with Gasteiger partial charge >= 0.3 is 17.6 Å². The molecule has 1 aliphatic rings. The van der Waals surface area contributed by atoms with Crippen LogP contribution in [-0.2, 0) is 33.8 Å². The van der Waals surface area contributed by atoms with Crippen molar-refractivity contribution in [3.8, 4) is 11.5 Å². The number of H-pyrrole nitrogens is 1. The first kappa shape index (κ1) is 40.2. The number of methoxy groups -OCH3 is 2. The molecule has 1 saturated heterocycles. The molecule has 2 heterocycles. The van der Waals surface area contributed by atoms with Crippen LogP contribution in [0, 0.1) is 0 Å². The standard InChI is InChI=1S/C40H48N2O11Si/c1-39(2,3)54(6,7)53-36-35(52-34(46)22-21-33(44)45)31(51-37(36)42-24-23-32(43)41-38(42)47)25-50-40(26-11-9-8-10-12-26,27-13-17-29(48-4)18-14-27)28-15-19-30(49-5)20-16-28/h8-20,23-24,31,35-37H,21-22,25H2,1-7H3,(H,44,45)(H,41,43,47). The van der Waals surface area contributed by atoms with Gasteiger partial charge in [-0.05, 0) is 59.1 Å². The van der Waals surface area contributed by atoms with Crippen molar-refractivity contribution in [1.82, 2.24) is 9.55 Å². The molecule has 0 saturated carbocycles. The van der Waals surface area contributed by atoms with Gasteiger partial charge in [0.25, 0.3) is 5.56 Å². The van der Waals surface area contributed by atoms with Crippen molar-refractivity contribution < 1.29 is 42.8 Å². The fraction of sp³-hybridized carbons (Fsp3) is 0.400. The number of carbonyl (C=O) groups is 2. The normalized spacial score (nSPS) is 18.9. The van der Waals surface area contributed by atoms with Crippen molar-refractivity contribution in [3.05, 3.63) is 129 Å².